The van der Waals surface area contributed by atoms with Crippen molar-refractivity contribution in [1.29, 1.82) is 0 Å². The molecule has 170 valence electrons. The second kappa shape index (κ2) is 7.60. The summed E-state index contributed by atoms with van der Waals surface area (Å²) in [5, 5.41) is 4.41. The fourth-order valence-electron chi connectivity index (χ4n) is 5.54. The highest BCUT2D eigenvalue weighted by Crippen LogP contribution is 2.55. The van der Waals surface area contributed by atoms with Crippen LogP contribution in [-0.4, -0.2) is 55.4 Å². The number of nitrogens with one attached hydrogen (secondary N) is 2. The fraction of sp³-hybridized carbons (Fsp3) is 0.400. The Hall–Kier alpha value is -2.84. The van der Waals surface area contributed by atoms with Crippen molar-refractivity contribution in [1.82, 2.24) is 15.3 Å². The molecule has 2 aromatic heterocycles. The summed E-state index contributed by atoms with van der Waals surface area (Å²) in [6.07, 6.45) is 8.80. The van der Waals surface area contributed by atoms with Gasteiger partial charge in [-0.15, -0.1) is 0 Å². The molecule has 8 heteroatoms. The van der Waals surface area contributed by atoms with E-state index in [0.29, 0.717) is 6.04 Å². The summed E-state index contributed by atoms with van der Waals surface area (Å²) in [5.41, 5.74) is 5.88. The lowest BCUT2D eigenvalue weighted by Gasteiger charge is -2.40. The summed E-state index contributed by atoms with van der Waals surface area (Å²) in [6, 6.07) is 9.08. The zero-order valence-corrected chi connectivity index (χ0v) is 20.0. The highest BCUT2D eigenvalue weighted by molar-refractivity contribution is 7.99. The Morgan fingerprint density at radius 2 is 1.94 bits per heavy atom. The third-order valence-electron chi connectivity index (χ3n) is 7.61. The number of rotatable bonds is 5. The topological polar surface area (TPSA) is 73.4 Å². The Labute approximate surface area is 198 Å². The number of hydrogen-bond acceptors (Lipinski definition) is 7. The Bertz CT molecular complexity index is 1270. The minimum absolute atomic E-state index is 0.218. The van der Waals surface area contributed by atoms with Crippen LogP contribution in [0, 0.1) is 0 Å². The zero-order valence-electron chi connectivity index (χ0n) is 19.2. The SMILES string of the molecule is CNC1CN(c2ncc(-c3ccc4ncc5c(c4c3)C3(CCC3)C(=O)N5C)cc2NSC)C1. The predicted molar refractivity (Wildman–Crippen MR) is 136 cm³/mol. The van der Waals surface area contributed by atoms with Crippen molar-refractivity contribution in [3.05, 3.63) is 42.2 Å². The number of aromatic nitrogens is 2. The first-order valence-electron chi connectivity index (χ1n) is 11.5. The molecule has 0 radical (unpaired) electrons. The van der Waals surface area contributed by atoms with Gasteiger partial charge in [0.05, 0.1) is 28.5 Å². The number of benzene rings is 1. The maximum Gasteiger partial charge on any atom is 0.237 e. The monoisotopic (exact) mass is 460 g/mol. The molecule has 2 aliphatic heterocycles. The minimum Gasteiger partial charge on any atom is -0.352 e. The summed E-state index contributed by atoms with van der Waals surface area (Å²) < 4.78 is 3.42. The molecule has 0 atom stereocenters. The summed E-state index contributed by atoms with van der Waals surface area (Å²) in [7, 11) is 3.88. The van der Waals surface area contributed by atoms with Gasteiger partial charge in [-0.05, 0) is 43.7 Å². The number of anilines is 3. The predicted octanol–water partition coefficient (Wildman–Crippen LogP) is 3.79. The van der Waals surface area contributed by atoms with Crippen LogP contribution in [0.4, 0.5) is 17.2 Å². The maximum absolute atomic E-state index is 13.1. The third kappa shape index (κ3) is 2.97. The fourth-order valence-corrected chi connectivity index (χ4v) is 5.91. The van der Waals surface area contributed by atoms with Crippen LogP contribution in [0.2, 0.25) is 0 Å². The Morgan fingerprint density at radius 1 is 1.12 bits per heavy atom. The van der Waals surface area contributed by atoms with E-state index in [1.165, 1.54) is 5.56 Å². The lowest BCUT2D eigenvalue weighted by atomic mass is 9.64. The van der Waals surface area contributed by atoms with Crippen LogP contribution in [0.1, 0.15) is 24.8 Å². The molecule has 1 saturated heterocycles. The number of fused-ring (bicyclic) bond motifs is 4. The number of nitrogens with zero attached hydrogens (tertiary/aromatic N) is 4. The smallest absolute Gasteiger partial charge is 0.237 e. The molecule has 1 spiro atoms. The molecule has 1 saturated carbocycles. The van der Waals surface area contributed by atoms with Crippen LogP contribution in [-0.2, 0) is 10.2 Å². The van der Waals surface area contributed by atoms with Gasteiger partial charge < -0.3 is 19.8 Å². The van der Waals surface area contributed by atoms with E-state index in [1.54, 1.807) is 16.8 Å². The maximum atomic E-state index is 13.1. The molecule has 2 fully saturated rings. The molecule has 1 aromatic carbocycles. The van der Waals surface area contributed by atoms with Gasteiger partial charge in [0, 0.05) is 55.1 Å². The molecule has 4 heterocycles. The first-order chi connectivity index (χ1) is 16.1. The average molecular weight is 461 g/mol. The zero-order chi connectivity index (χ0) is 22.7. The minimum atomic E-state index is -0.362. The van der Waals surface area contributed by atoms with Crippen LogP contribution >= 0.6 is 11.9 Å². The molecule has 2 N–H and O–H groups in total. The van der Waals surface area contributed by atoms with Gasteiger partial charge in [0.25, 0.3) is 0 Å². The first kappa shape index (κ1) is 20.7. The van der Waals surface area contributed by atoms with Crippen molar-refractivity contribution in [2.24, 2.45) is 0 Å². The average Bonchev–Trinajstić information content (AvgIpc) is 3.01. The van der Waals surface area contributed by atoms with Gasteiger partial charge in [0.2, 0.25) is 5.91 Å². The number of hydrogen-bond donors (Lipinski definition) is 2. The number of likely N-dealkylation sites (N-methyl/N-ethyl adjacent to an activating group) is 2. The van der Waals surface area contributed by atoms with Crippen molar-refractivity contribution in [3.63, 3.8) is 0 Å². The van der Waals surface area contributed by atoms with Crippen molar-refractivity contribution in [2.45, 2.75) is 30.7 Å². The number of amides is 1. The van der Waals surface area contributed by atoms with Gasteiger partial charge in [-0.3, -0.25) is 9.78 Å². The van der Waals surface area contributed by atoms with Gasteiger partial charge >= 0.3 is 0 Å². The quantitative estimate of drug-likeness (QED) is 0.561. The molecule has 1 aliphatic carbocycles. The van der Waals surface area contributed by atoms with Gasteiger partial charge in [-0.25, -0.2) is 4.98 Å². The number of carbonyl (C=O) groups is 1. The van der Waals surface area contributed by atoms with Gasteiger partial charge in [-0.1, -0.05) is 24.4 Å². The number of carbonyl (C=O) groups excluding carboxylic acids is 1. The first-order valence-corrected chi connectivity index (χ1v) is 12.7. The van der Waals surface area contributed by atoms with Crippen molar-refractivity contribution in [2.75, 3.05) is 48.0 Å². The summed E-state index contributed by atoms with van der Waals surface area (Å²) >= 11 is 1.58. The van der Waals surface area contributed by atoms with E-state index in [9.17, 15) is 4.79 Å². The van der Waals surface area contributed by atoms with E-state index in [2.05, 4.69) is 44.2 Å². The second-order valence-corrected chi connectivity index (χ2v) is 9.95. The summed E-state index contributed by atoms with van der Waals surface area (Å²) in [4.78, 5) is 26.7. The van der Waals surface area contributed by atoms with Crippen LogP contribution in [0.3, 0.4) is 0 Å². The van der Waals surface area contributed by atoms with Gasteiger partial charge in [-0.2, -0.15) is 0 Å². The van der Waals surface area contributed by atoms with Gasteiger partial charge in [0.1, 0.15) is 0 Å². The highest BCUT2D eigenvalue weighted by atomic mass is 32.2. The lowest BCUT2D eigenvalue weighted by molar-refractivity contribution is -0.125. The van der Waals surface area contributed by atoms with Crippen LogP contribution in [0.5, 0.6) is 0 Å². The molecular formula is C25H28N6OS. The molecule has 6 rings (SSSR count). The molecule has 1 amide bonds. The van der Waals surface area contributed by atoms with E-state index in [0.717, 1.165) is 71.6 Å². The van der Waals surface area contributed by atoms with Crippen molar-refractivity contribution < 1.29 is 4.79 Å². The third-order valence-corrected chi connectivity index (χ3v) is 8.03. The normalized spacial score (nSPS) is 19.1. The van der Waals surface area contributed by atoms with E-state index >= 15 is 0 Å². The Balaban J connectivity index is 1.44. The second-order valence-electron chi connectivity index (χ2n) is 9.34. The number of pyridine rings is 2. The van der Waals surface area contributed by atoms with Crippen molar-refractivity contribution >= 4 is 46.0 Å². The Kier molecular flexibility index (Phi) is 4.78. The van der Waals surface area contributed by atoms with E-state index in [-0.39, 0.29) is 11.3 Å². The largest absolute Gasteiger partial charge is 0.352 e. The van der Waals surface area contributed by atoms with E-state index in [4.69, 9.17) is 4.98 Å². The van der Waals surface area contributed by atoms with Gasteiger partial charge in [0.15, 0.2) is 5.82 Å². The summed E-state index contributed by atoms with van der Waals surface area (Å²) in [5.74, 6) is 1.21. The standard InChI is InChI=1S/C25H28N6OS/c1-26-17-13-31(14-17)23-20(29-33-3)10-16(11-28-23)15-5-6-19-18(9-15)22-21(12-27-19)30(2)24(32)25(22)7-4-8-25/h5-6,9-12,17,26,29H,4,7-8,13-14H2,1-3H3. The molecule has 3 aliphatic rings. The summed E-state index contributed by atoms with van der Waals surface area (Å²) in [6.45, 7) is 1.92. The molecule has 3 aromatic rings. The van der Waals surface area contributed by atoms with E-state index < -0.39 is 0 Å². The molecule has 0 bridgehead atoms. The van der Waals surface area contributed by atoms with Crippen LogP contribution in [0.25, 0.3) is 22.0 Å². The molecule has 7 nitrogen and oxygen atoms in total. The Morgan fingerprint density at radius 3 is 2.64 bits per heavy atom. The lowest BCUT2D eigenvalue weighted by Crippen LogP contribution is -2.57. The van der Waals surface area contributed by atoms with Crippen LogP contribution in [0.15, 0.2) is 36.7 Å². The van der Waals surface area contributed by atoms with Crippen molar-refractivity contribution in [3.8, 4) is 11.1 Å². The van der Waals surface area contributed by atoms with Crippen LogP contribution < -0.4 is 19.8 Å². The molecule has 0 unspecified atom stereocenters. The molecule has 33 heavy (non-hydrogen) atoms. The van der Waals surface area contributed by atoms with E-state index in [1.807, 2.05) is 32.7 Å². The molecular weight excluding hydrogens is 432 g/mol. The highest BCUT2D eigenvalue weighted by Gasteiger charge is 2.54.